The zero-order valence-electron chi connectivity index (χ0n) is 18.6. The third-order valence-electron chi connectivity index (χ3n) is 5.57. The number of amides is 1. The Bertz CT molecular complexity index is 1250. The van der Waals surface area contributed by atoms with Gasteiger partial charge in [-0.1, -0.05) is 18.2 Å². The maximum Gasteiger partial charge on any atom is 0.255 e. The zero-order valence-corrected chi connectivity index (χ0v) is 19.4. The number of rotatable bonds is 7. The lowest BCUT2D eigenvalue weighted by atomic mass is 10.1. The van der Waals surface area contributed by atoms with Gasteiger partial charge in [0.1, 0.15) is 5.75 Å². The molecule has 0 saturated carbocycles. The SMILES string of the molecule is COc1ccccc1Oc1ccc(NC(=O)c2cc(S(=O)(=O)N3CCCC3)ccc2C)cc1. The van der Waals surface area contributed by atoms with E-state index in [4.69, 9.17) is 9.47 Å². The Morgan fingerprint density at radius 2 is 1.61 bits per heavy atom. The van der Waals surface area contributed by atoms with Crippen molar-refractivity contribution in [3.8, 4) is 17.2 Å². The summed E-state index contributed by atoms with van der Waals surface area (Å²) in [6, 6.07) is 18.9. The average Bonchev–Trinajstić information content (AvgIpc) is 3.37. The summed E-state index contributed by atoms with van der Waals surface area (Å²) in [5, 5.41) is 2.83. The van der Waals surface area contributed by atoms with Gasteiger partial charge in [0.2, 0.25) is 10.0 Å². The molecular formula is C25H26N2O5S. The minimum atomic E-state index is -3.60. The summed E-state index contributed by atoms with van der Waals surface area (Å²) in [7, 11) is -2.02. The van der Waals surface area contributed by atoms with Crippen LogP contribution in [0, 0.1) is 6.92 Å². The number of methoxy groups -OCH3 is 1. The number of anilines is 1. The van der Waals surface area contributed by atoms with Gasteiger partial charge in [-0.3, -0.25) is 4.79 Å². The number of carbonyl (C=O) groups excluding carboxylic acids is 1. The van der Waals surface area contributed by atoms with Gasteiger partial charge in [0.15, 0.2) is 11.5 Å². The first-order valence-electron chi connectivity index (χ1n) is 10.7. The fourth-order valence-corrected chi connectivity index (χ4v) is 5.26. The van der Waals surface area contributed by atoms with Crippen LogP contribution in [0.25, 0.3) is 0 Å². The summed E-state index contributed by atoms with van der Waals surface area (Å²) in [4.78, 5) is 13.1. The van der Waals surface area contributed by atoms with Crippen molar-refractivity contribution < 1.29 is 22.7 Å². The van der Waals surface area contributed by atoms with Crippen molar-refractivity contribution in [1.82, 2.24) is 4.31 Å². The molecule has 1 fully saturated rings. The molecule has 1 amide bonds. The third-order valence-corrected chi connectivity index (χ3v) is 7.46. The quantitative estimate of drug-likeness (QED) is 0.539. The van der Waals surface area contributed by atoms with E-state index in [1.807, 2.05) is 18.2 Å². The summed E-state index contributed by atoms with van der Waals surface area (Å²) in [5.74, 6) is 1.43. The van der Waals surface area contributed by atoms with Gasteiger partial charge in [-0.15, -0.1) is 0 Å². The van der Waals surface area contributed by atoms with Gasteiger partial charge in [-0.2, -0.15) is 4.31 Å². The fourth-order valence-electron chi connectivity index (χ4n) is 3.72. The van der Waals surface area contributed by atoms with E-state index < -0.39 is 10.0 Å². The highest BCUT2D eigenvalue weighted by Gasteiger charge is 2.28. The van der Waals surface area contributed by atoms with Crippen molar-refractivity contribution in [3.05, 3.63) is 77.9 Å². The van der Waals surface area contributed by atoms with Crippen LogP contribution in [0.4, 0.5) is 5.69 Å². The number of nitrogens with one attached hydrogen (secondary N) is 1. The van der Waals surface area contributed by atoms with Crippen LogP contribution >= 0.6 is 0 Å². The van der Waals surface area contributed by atoms with Crippen LogP contribution in [-0.2, 0) is 10.0 Å². The Morgan fingerprint density at radius 3 is 2.27 bits per heavy atom. The minimum absolute atomic E-state index is 0.140. The number of hydrogen-bond donors (Lipinski definition) is 1. The van der Waals surface area contributed by atoms with Gasteiger partial charge in [0.25, 0.3) is 5.91 Å². The molecule has 172 valence electrons. The molecule has 7 nitrogen and oxygen atoms in total. The number of carbonyl (C=O) groups is 1. The maximum absolute atomic E-state index is 12.9. The van der Waals surface area contributed by atoms with E-state index in [1.165, 1.54) is 10.4 Å². The van der Waals surface area contributed by atoms with Crippen LogP contribution < -0.4 is 14.8 Å². The van der Waals surface area contributed by atoms with Crippen LogP contribution in [0.3, 0.4) is 0 Å². The van der Waals surface area contributed by atoms with Crippen LogP contribution in [0.5, 0.6) is 17.2 Å². The molecule has 1 heterocycles. The summed E-state index contributed by atoms with van der Waals surface area (Å²) < 4.78 is 38.4. The van der Waals surface area contributed by atoms with E-state index >= 15 is 0 Å². The van der Waals surface area contributed by atoms with Crippen molar-refractivity contribution in [3.63, 3.8) is 0 Å². The Morgan fingerprint density at radius 1 is 0.939 bits per heavy atom. The molecule has 33 heavy (non-hydrogen) atoms. The molecule has 4 rings (SSSR count). The van der Waals surface area contributed by atoms with Crippen LogP contribution in [-0.4, -0.2) is 38.8 Å². The monoisotopic (exact) mass is 466 g/mol. The van der Waals surface area contributed by atoms with Gasteiger partial charge in [-0.25, -0.2) is 8.42 Å². The highest BCUT2D eigenvalue weighted by molar-refractivity contribution is 7.89. The molecule has 1 aliphatic rings. The van der Waals surface area contributed by atoms with E-state index in [2.05, 4.69) is 5.32 Å². The summed E-state index contributed by atoms with van der Waals surface area (Å²) in [6.45, 7) is 2.81. The first kappa shape index (κ1) is 22.8. The van der Waals surface area contributed by atoms with Gasteiger partial charge in [0.05, 0.1) is 12.0 Å². The van der Waals surface area contributed by atoms with E-state index in [-0.39, 0.29) is 10.8 Å². The number of sulfonamides is 1. The van der Waals surface area contributed by atoms with E-state index in [0.29, 0.717) is 47.2 Å². The second-order valence-electron chi connectivity index (χ2n) is 7.82. The second-order valence-corrected chi connectivity index (χ2v) is 9.76. The number of aryl methyl sites for hydroxylation is 1. The van der Waals surface area contributed by atoms with Crippen molar-refractivity contribution in [1.29, 1.82) is 0 Å². The Labute approximate surface area is 194 Å². The number of nitrogens with zero attached hydrogens (tertiary/aromatic N) is 1. The normalized spacial score (nSPS) is 14.1. The van der Waals surface area contributed by atoms with E-state index in [1.54, 1.807) is 56.5 Å². The fraction of sp³-hybridized carbons (Fsp3) is 0.240. The molecule has 0 aliphatic carbocycles. The predicted octanol–water partition coefficient (Wildman–Crippen LogP) is 4.83. The first-order chi connectivity index (χ1) is 15.9. The smallest absolute Gasteiger partial charge is 0.255 e. The van der Waals surface area contributed by atoms with Crippen molar-refractivity contribution >= 4 is 21.6 Å². The highest BCUT2D eigenvalue weighted by atomic mass is 32.2. The summed E-state index contributed by atoms with van der Waals surface area (Å²) in [5.41, 5.74) is 1.59. The minimum Gasteiger partial charge on any atom is -0.493 e. The Balaban J connectivity index is 1.49. The lowest BCUT2D eigenvalue weighted by Crippen LogP contribution is -2.28. The van der Waals surface area contributed by atoms with Gasteiger partial charge in [-0.05, 0) is 73.9 Å². The van der Waals surface area contributed by atoms with E-state index in [0.717, 1.165) is 12.8 Å². The molecule has 3 aromatic rings. The summed E-state index contributed by atoms with van der Waals surface area (Å²) in [6.07, 6.45) is 1.71. The molecule has 0 aromatic heterocycles. The molecule has 8 heteroatoms. The molecule has 0 bridgehead atoms. The molecular weight excluding hydrogens is 440 g/mol. The molecule has 0 spiro atoms. The largest absolute Gasteiger partial charge is 0.493 e. The Kier molecular flexibility index (Phi) is 6.67. The molecule has 0 unspecified atom stereocenters. The van der Waals surface area contributed by atoms with Crippen molar-refractivity contribution in [2.45, 2.75) is 24.7 Å². The second kappa shape index (κ2) is 9.64. The van der Waals surface area contributed by atoms with Gasteiger partial charge < -0.3 is 14.8 Å². The number of benzene rings is 3. The molecule has 1 N–H and O–H groups in total. The predicted molar refractivity (Wildman–Crippen MR) is 127 cm³/mol. The molecule has 0 radical (unpaired) electrons. The first-order valence-corrected chi connectivity index (χ1v) is 12.2. The number of para-hydroxylation sites is 2. The summed E-state index contributed by atoms with van der Waals surface area (Å²) >= 11 is 0. The van der Waals surface area contributed by atoms with Crippen LogP contribution in [0.2, 0.25) is 0 Å². The van der Waals surface area contributed by atoms with Crippen LogP contribution in [0.1, 0.15) is 28.8 Å². The van der Waals surface area contributed by atoms with E-state index in [9.17, 15) is 13.2 Å². The molecule has 3 aromatic carbocycles. The van der Waals surface area contributed by atoms with Crippen LogP contribution in [0.15, 0.2) is 71.6 Å². The van der Waals surface area contributed by atoms with Gasteiger partial charge >= 0.3 is 0 Å². The number of ether oxygens (including phenoxy) is 2. The topological polar surface area (TPSA) is 84.9 Å². The highest BCUT2D eigenvalue weighted by Crippen LogP contribution is 2.31. The number of hydrogen-bond acceptors (Lipinski definition) is 5. The lowest BCUT2D eigenvalue weighted by molar-refractivity contribution is 0.102. The van der Waals surface area contributed by atoms with Gasteiger partial charge in [0, 0.05) is 24.3 Å². The lowest BCUT2D eigenvalue weighted by Gasteiger charge is -2.17. The Hall–Kier alpha value is -3.36. The zero-order chi connectivity index (χ0) is 23.4. The van der Waals surface area contributed by atoms with Crippen molar-refractivity contribution in [2.24, 2.45) is 0 Å². The maximum atomic E-state index is 12.9. The molecule has 1 saturated heterocycles. The molecule has 1 aliphatic heterocycles. The standard InChI is InChI=1S/C25H26N2O5S/c1-18-9-14-21(33(29,30)27-15-5-6-16-27)17-22(18)25(28)26-19-10-12-20(13-11-19)32-24-8-4-3-7-23(24)31-2/h3-4,7-14,17H,5-6,15-16H2,1-2H3,(H,26,28). The third kappa shape index (κ3) is 5.02. The molecule has 0 atom stereocenters. The average molecular weight is 467 g/mol. The van der Waals surface area contributed by atoms with Crippen molar-refractivity contribution in [2.75, 3.05) is 25.5 Å².